The predicted octanol–water partition coefficient (Wildman–Crippen LogP) is 4.22. The quantitative estimate of drug-likeness (QED) is 0.291. The number of ether oxygens (including phenoxy) is 2. The van der Waals surface area contributed by atoms with Crippen LogP contribution >= 0.6 is 0 Å². The minimum Gasteiger partial charge on any atom is -0.457 e. The van der Waals surface area contributed by atoms with E-state index in [9.17, 15) is 29.8 Å². The number of esters is 2. The first-order valence-electron chi connectivity index (χ1n) is 9.25. The lowest BCUT2D eigenvalue weighted by Crippen LogP contribution is -2.14. The minimum absolute atomic E-state index is 0.00288. The Hall–Kier alpha value is -4.60. The van der Waals surface area contributed by atoms with Crippen LogP contribution in [0.1, 0.15) is 31.8 Å². The van der Waals surface area contributed by atoms with E-state index in [0.29, 0.717) is 11.1 Å². The van der Waals surface area contributed by atoms with Gasteiger partial charge in [-0.25, -0.2) is 9.59 Å². The molecule has 0 atom stereocenters. The molecule has 162 valence electrons. The molecule has 0 aromatic heterocycles. The molecule has 3 aromatic rings. The molecule has 0 saturated carbocycles. The summed E-state index contributed by atoms with van der Waals surface area (Å²) in [6, 6.07) is 17.0. The third kappa shape index (κ3) is 5.51. The van der Waals surface area contributed by atoms with Gasteiger partial charge in [-0.05, 0) is 47.5 Å². The van der Waals surface area contributed by atoms with Crippen LogP contribution in [0.5, 0.6) is 0 Å². The average Bonchev–Trinajstić information content (AvgIpc) is 2.81. The van der Waals surface area contributed by atoms with Gasteiger partial charge in [-0.2, -0.15) is 0 Å². The second kappa shape index (κ2) is 9.94. The summed E-state index contributed by atoms with van der Waals surface area (Å²) < 4.78 is 10.4. The van der Waals surface area contributed by atoms with Crippen molar-refractivity contribution in [2.24, 2.45) is 0 Å². The fraction of sp³-hybridized carbons (Fsp3) is 0.0909. The van der Waals surface area contributed by atoms with E-state index in [1.807, 2.05) is 0 Å². The average molecular weight is 436 g/mol. The van der Waals surface area contributed by atoms with Gasteiger partial charge in [0.2, 0.25) is 0 Å². The highest BCUT2D eigenvalue weighted by Gasteiger charge is 2.19. The standard InChI is InChI=1S/C22H16N2O8/c25-21(31-13-15-5-9-17(10-6-15)23(27)28)19-3-1-2-4-20(19)22(26)32-14-16-7-11-18(12-8-16)24(29)30/h1-12H,13-14H2. The van der Waals surface area contributed by atoms with Crippen molar-refractivity contribution in [2.45, 2.75) is 13.2 Å². The lowest BCUT2D eigenvalue weighted by atomic mass is 10.1. The first-order chi connectivity index (χ1) is 15.3. The smallest absolute Gasteiger partial charge is 0.339 e. The molecule has 0 spiro atoms. The molecule has 0 radical (unpaired) electrons. The lowest BCUT2D eigenvalue weighted by molar-refractivity contribution is -0.385. The van der Waals surface area contributed by atoms with E-state index in [2.05, 4.69) is 0 Å². The van der Waals surface area contributed by atoms with Crippen LogP contribution in [0.15, 0.2) is 72.8 Å². The molecular weight excluding hydrogens is 420 g/mol. The number of hydrogen-bond donors (Lipinski definition) is 0. The highest BCUT2D eigenvalue weighted by atomic mass is 16.6. The van der Waals surface area contributed by atoms with Crippen molar-refractivity contribution in [3.63, 3.8) is 0 Å². The zero-order chi connectivity index (χ0) is 23.1. The van der Waals surface area contributed by atoms with Crippen molar-refractivity contribution < 1.29 is 28.9 Å². The van der Waals surface area contributed by atoms with Crippen LogP contribution in [0.2, 0.25) is 0 Å². The number of non-ortho nitro benzene ring substituents is 2. The molecule has 32 heavy (non-hydrogen) atoms. The maximum atomic E-state index is 12.5. The Morgan fingerprint density at radius 1 is 0.625 bits per heavy atom. The van der Waals surface area contributed by atoms with Gasteiger partial charge in [-0.15, -0.1) is 0 Å². The fourth-order valence-corrected chi connectivity index (χ4v) is 2.72. The lowest BCUT2D eigenvalue weighted by Gasteiger charge is -2.10. The van der Waals surface area contributed by atoms with Crippen LogP contribution in [0, 0.1) is 20.2 Å². The Morgan fingerprint density at radius 2 is 0.969 bits per heavy atom. The van der Waals surface area contributed by atoms with Crippen molar-refractivity contribution in [1.29, 1.82) is 0 Å². The van der Waals surface area contributed by atoms with Crippen LogP contribution in [0.25, 0.3) is 0 Å². The van der Waals surface area contributed by atoms with Gasteiger partial charge in [0, 0.05) is 24.3 Å². The largest absolute Gasteiger partial charge is 0.457 e. The summed E-state index contributed by atoms with van der Waals surface area (Å²) in [7, 11) is 0. The van der Waals surface area contributed by atoms with Crippen molar-refractivity contribution in [3.8, 4) is 0 Å². The molecule has 0 saturated heterocycles. The third-order valence-electron chi connectivity index (χ3n) is 4.40. The summed E-state index contributed by atoms with van der Waals surface area (Å²) in [5, 5.41) is 21.4. The Bertz CT molecular complexity index is 1060. The van der Waals surface area contributed by atoms with Gasteiger partial charge < -0.3 is 9.47 Å². The van der Waals surface area contributed by atoms with Crippen LogP contribution in [0.3, 0.4) is 0 Å². The van der Waals surface area contributed by atoms with Crippen LogP contribution in [0.4, 0.5) is 11.4 Å². The summed E-state index contributed by atoms with van der Waals surface area (Å²) in [6.45, 7) is -0.272. The van der Waals surface area contributed by atoms with Crippen molar-refractivity contribution in [3.05, 3.63) is 115 Å². The molecule has 0 bridgehead atoms. The van der Waals surface area contributed by atoms with Gasteiger partial charge >= 0.3 is 11.9 Å². The molecule has 0 aliphatic carbocycles. The molecule has 10 nitrogen and oxygen atoms in total. The Kier molecular flexibility index (Phi) is 6.86. The molecule has 0 aliphatic heterocycles. The second-order valence-electron chi connectivity index (χ2n) is 6.54. The zero-order valence-electron chi connectivity index (χ0n) is 16.5. The molecule has 0 N–H and O–H groups in total. The van der Waals surface area contributed by atoms with Gasteiger partial charge in [0.15, 0.2) is 0 Å². The monoisotopic (exact) mass is 436 g/mol. The van der Waals surface area contributed by atoms with E-state index in [4.69, 9.17) is 9.47 Å². The molecule has 3 rings (SSSR count). The summed E-state index contributed by atoms with van der Waals surface area (Å²) in [5.41, 5.74) is 0.929. The van der Waals surface area contributed by atoms with E-state index < -0.39 is 21.8 Å². The molecule has 0 aliphatic rings. The molecule has 10 heteroatoms. The van der Waals surface area contributed by atoms with E-state index >= 15 is 0 Å². The summed E-state index contributed by atoms with van der Waals surface area (Å²) in [5.74, 6) is -1.52. The van der Waals surface area contributed by atoms with E-state index in [-0.39, 0.29) is 35.7 Å². The number of nitro groups is 2. The normalized spacial score (nSPS) is 10.2. The van der Waals surface area contributed by atoms with Crippen molar-refractivity contribution in [2.75, 3.05) is 0 Å². The number of nitro benzene ring substituents is 2. The maximum absolute atomic E-state index is 12.5. The highest BCUT2D eigenvalue weighted by Crippen LogP contribution is 2.17. The van der Waals surface area contributed by atoms with Crippen LogP contribution in [-0.4, -0.2) is 21.8 Å². The number of carbonyl (C=O) groups is 2. The maximum Gasteiger partial charge on any atom is 0.339 e. The van der Waals surface area contributed by atoms with Gasteiger partial charge in [0.25, 0.3) is 11.4 Å². The minimum atomic E-state index is -0.758. The van der Waals surface area contributed by atoms with Gasteiger partial charge in [0.1, 0.15) is 13.2 Å². The summed E-state index contributed by atoms with van der Waals surface area (Å²) in [4.78, 5) is 45.3. The van der Waals surface area contributed by atoms with Gasteiger partial charge in [-0.1, -0.05) is 12.1 Å². The molecule has 3 aromatic carbocycles. The number of rotatable bonds is 8. The van der Waals surface area contributed by atoms with Crippen LogP contribution in [-0.2, 0) is 22.7 Å². The Balaban J connectivity index is 1.63. The summed E-state index contributed by atoms with van der Waals surface area (Å²) in [6.07, 6.45) is 0. The SMILES string of the molecule is O=C(OCc1ccc([N+](=O)[O-])cc1)c1ccccc1C(=O)OCc1ccc([N+](=O)[O-])cc1. The molecule has 0 unspecified atom stereocenters. The van der Waals surface area contributed by atoms with Gasteiger partial charge in [0.05, 0.1) is 21.0 Å². The van der Waals surface area contributed by atoms with Crippen LogP contribution < -0.4 is 0 Å². The first kappa shape index (κ1) is 22.1. The second-order valence-corrected chi connectivity index (χ2v) is 6.54. The van der Waals surface area contributed by atoms with E-state index in [1.165, 1.54) is 60.7 Å². The predicted molar refractivity (Wildman–Crippen MR) is 111 cm³/mol. The van der Waals surface area contributed by atoms with Crippen molar-refractivity contribution in [1.82, 2.24) is 0 Å². The van der Waals surface area contributed by atoms with E-state index in [0.717, 1.165) is 0 Å². The van der Waals surface area contributed by atoms with Crippen molar-refractivity contribution >= 4 is 23.3 Å². The molecule has 0 heterocycles. The Labute approximate surface area is 181 Å². The molecule has 0 amide bonds. The number of hydrogen-bond acceptors (Lipinski definition) is 8. The number of nitrogens with zero attached hydrogens (tertiary/aromatic N) is 2. The number of benzene rings is 3. The third-order valence-corrected chi connectivity index (χ3v) is 4.40. The molecular formula is C22H16N2O8. The Morgan fingerprint density at radius 3 is 1.28 bits per heavy atom. The topological polar surface area (TPSA) is 139 Å². The number of carbonyl (C=O) groups excluding carboxylic acids is 2. The highest BCUT2D eigenvalue weighted by molar-refractivity contribution is 6.03. The first-order valence-corrected chi connectivity index (χ1v) is 9.25. The summed E-state index contributed by atoms with van der Waals surface area (Å²) >= 11 is 0. The zero-order valence-corrected chi connectivity index (χ0v) is 16.5. The fourth-order valence-electron chi connectivity index (χ4n) is 2.72. The van der Waals surface area contributed by atoms with E-state index in [1.54, 1.807) is 12.1 Å². The van der Waals surface area contributed by atoms with Gasteiger partial charge in [-0.3, -0.25) is 20.2 Å². The molecule has 0 fully saturated rings.